The van der Waals surface area contributed by atoms with Crippen LogP contribution in [0.25, 0.3) is 0 Å². The Balaban J connectivity index is 1.94. The van der Waals surface area contributed by atoms with Crippen LogP contribution >= 0.6 is 0 Å². The maximum absolute atomic E-state index is 12.1. The summed E-state index contributed by atoms with van der Waals surface area (Å²) >= 11 is 0. The fraction of sp³-hybridized carbons (Fsp3) is 0.312. The van der Waals surface area contributed by atoms with Gasteiger partial charge in [0, 0.05) is 18.6 Å². The van der Waals surface area contributed by atoms with E-state index in [0.29, 0.717) is 0 Å². The third-order valence-corrected chi connectivity index (χ3v) is 3.30. The Morgan fingerprint density at radius 1 is 1.14 bits per heavy atom. The van der Waals surface area contributed by atoms with Gasteiger partial charge in [0.05, 0.1) is 17.8 Å². The first-order valence-electron chi connectivity index (χ1n) is 7.08. The zero-order valence-electron chi connectivity index (χ0n) is 12.3. The van der Waals surface area contributed by atoms with Crippen LogP contribution in [0.2, 0.25) is 0 Å². The maximum atomic E-state index is 12.1. The Hall–Kier alpha value is -2.43. The minimum atomic E-state index is -0.197. The van der Waals surface area contributed by atoms with E-state index in [4.69, 9.17) is 0 Å². The predicted molar refractivity (Wildman–Crippen MR) is 81.6 cm³/mol. The average Bonchev–Trinajstić information content (AvgIpc) is 2.54. The highest BCUT2D eigenvalue weighted by Gasteiger charge is 2.15. The van der Waals surface area contributed by atoms with E-state index < -0.39 is 0 Å². The molecule has 0 saturated carbocycles. The number of carbonyl (C=O) groups excluding carboxylic acids is 1. The lowest BCUT2D eigenvalue weighted by molar-refractivity contribution is 0.233. The largest absolute Gasteiger partial charge is 0.331 e. The zero-order valence-corrected chi connectivity index (χ0v) is 12.3. The summed E-state index contributed by atoms with van der Waals surface area (Å²) in [5.41, 5.74) is 1.89. The van der Waals surface area contributed by atoms with E-state index in [9.17, 15) is 4.79 Å². The molecule has 0 spiro atoms. The second kappa shape index (κ2) is 7.38. The van der Waals surface area contributed by atoms with Gasteiger partial charge in [-0.3, -0.25) is 9.97 Å². The SMILES string of the molecule is CC[C@H](NC(=O)N[C@H](C)c1ccccn1)c1ccncc1. The normalized spacial score (nSPS) is 13.2. The highest BCUT2D eigenvalue weighted by molar-refractivity contribution is 5.74. The van der Waals surface area contributed by atoms with Crippen molar-refractivity contribution in [2.45, 2.75) is 32.4 Å². The Kier molecular flexibility index (Phi) is 5.26. The number of rotatable bonds is 5. The van der Waals surface area contributed by atoms with Crippen molar-refractivity contribution in [2.75, 3.05) is 0 Å². The summed E-state index contributed by atoms with van der Waals surface area (Å²) in [5.74, 6) is 0. The molecule has 0 aliphatic rings. The number of carbonyl (C=O) groups is 1. The van der Waals surface area contributed by atoms with Crippen molar-refractivity contribution >= 4 is 6.03 Å². The summed E-state index contributed by atoms with van der Waals surface area (Å²) in [4.78, 5) is 20.3. The number of nitrogens with one attached hydrogen (secondary N) is 2. The summed E-state index contributed by atoms with van der Waals surface area (Å²) in [7, 11) is 0. The van der Waals surface area contributed by atoms with Crippen LogP contribution in [0.15, 0.2) is 48.9 Å². The third kappa shape index (κ3) is 4.27. The molecule has 2 amide bonds. The molecule has 0 radical (unpaired) electrons. The molecule has 110 valence electrons. The van der Waals surface area contributed by atoms with Crippen LogP contribution in [0.3, 0.4) is 0 Å². The number of hydrogen-bond donors (Lipinski definition) is 2. The van der Waals surface area contributed by atoms with E-state index in [1.54, 1.807) is 18.6 Å². The Labute approximate surface area is 124 Å². The molecule has 5 nitrogen and oxygen atoms in total. The molecule has 2 aromatic heterocycles. The quantitative estimate of drug-likeness (QED) is 0.887. The first kappa shape index (κ1) is 15.0. The number of aromatic nitrogens is 2. The van der Waals surface area contributed by atoms with Crippen molar-refractivity contribution in [3.05, 3.63) is 60.2 Å². The Bertz CT molecular complexity index is 559. The Morgan fingerprint density at radius 2 is 1.90 bits per heavy atom. The number of pyridine rings is 2. The highest BCUT2D eigenvalue weighted by Crippen LogP contribution is 2.15. The average molecular weight is 284 g/mol. The van der Waals surface area contributed by atoms with Crippen molar-refractivity contribution < 1.29 is 4.79 Å². The van der Waals surface area contributed by atoms with E-state index in [-0.39, 0.29) is 18.1 Å². The van der Waals surface area contributed by atoms with Crippen LogP contribution in [0, 0.1) is 0 Å². The molecule has 2 rings (SSSR count). The minimum Gasteiger partial charge on any atom is -0.331 e. The van der Waals surface area contributed by atoms with Gasteiger partial charge in [-0.25, -0.2) is 4.79 Å². The van der Waals surface area contributed by atoms with Gasteiger partial charge in [0.25, 0.3) is 0 Å². The number of urea groups is 1. The molecule has 0 fully saturated rings. The van der Waals surface area contributed by atoms with Crippen molar-refractivity contribution in [1.82, 2.24) is 20.6 Å². The molecular formula is C16H20N4O. The lowest BCUT2D eigenvalue weighted by Crippen LogP contribution is -2.39. The second-order valence-corrected chi connectivity index (χ2v) is 4.84. The molecule has 2 aromatic rings. The van der Waals surface area contributed by atoms with Crippen LogP contribution in [0.1, 0.15) is 43.6 Å². The van der Waals surface area contributed by atoms with Gasteiger partial charge in [0.15, 0.2) is 0 Å². The van der Waals surface area contributed by atoms with Crippen molar-refractivity contribution in [1.29, 1.82) is 0 Å². The van der Waals surface area contributed by atoms with Crippen LogP contribution in [-0.4, -0.2) is 16.0 Å². The summed E-state index contributed by atoms with van der Waals surface area (Å²) in [5, 5.41) is 5.88. The molecule has 0 bridgehead atoms. The molecular weight excluding hydrogens is 264 g/mol. The Morgan fingerprint density at radius 3 is 2.52 bits per heavy atom. The summed E-state index contributed by atoms with van der Waals surface area (Å²) in [6.45, 7) is 3.95. The molecule has 2 heterocycles. The minimum absolute atomic E-state index is 0.0241. The van der Waals surface area contributed by atoms with Crippen LogP contribution in [0.4, 0.5) is 4.79 Å². The molecule has 0 aliphatic heterocycles. The molecule has 0 aliphatic carbocycles. The van der Waals surface area contributed by atoms with E-state index in [1.165, 1.54) is 0 Å². The first-order chi connectivity index (χ1) is 10.2. The van der Waals surface area contributed by atoms with Gasteiger partial charge in [0.1, 0.15) is 0 Å². The van der Waals surface area contributed by atoms with Gasteiger partial charge >= 0.3 is 6.03 Å². The topological polar surface area (TPSA) is 66.9 Å². The molecule has 21 heavy (non-hydrogen) atoms. The molecule has 5 heteroatoms. The maximum Gasteiger partial charge on any atom is 0.315 e. The van der Waals surface area contributed by atoms with Gasteiger partial charge in [-0.2, -0.15) is 0 Å². The van der Waals surface area contributed by atoms with Crippen molar-refractivity contribution in [3.63, 3.8) is 0 Å². The predicted octanol–water partition coefficient (Wildman–Crippen LogP) is 2.99. The highest BCUT2D eigenvalue weighted by atomic mass is 16.2. The van der Waals surface area contributed by atoms with E-state index in [0.717, 1.165) is 17.7 Å². The number of nitrogens with zero attached hydrogens (tertiary/aromatic N) is 2. The number of hydrogen-bond acceptors (Lipinski definition) is 3. The lowest BCUT2D eigenvalue weighted by Gasteiger charge is -2.20. The number of amides is 2. The van der Waals surface area contributed by atoms with Crippen LogP contribution in [-0.2, 0) is 0 Å². The van der Waals surface area contributed by atoms with Crippen molar-refractivity contribution in [3.8, 4) is 0 Å². The fourth-order valence-corrected chi connectivity index (χ4v) is 2.12. The molecule has 0 saturated heterocycles. The van der Waals surface area contributed by atoms with Gasteiger partial charge in [-0.05, 0) is 43.2 Å². The fourth-order valence-electron chi connectivity index (χ4n) is 2.12. The van der Waals surface area contributed by atoms with E-state index >= 15 is 0 Å². The van der Waals surface area contributed by atoms with Gasteiger partial charge in [-0.1, -0.05) is 13.0 Å². The summed E-state index contributed by atoms with van der Waals surface area (Å²) < 4.78 is 0. The molecule has 2 N–H and O–H groups in total. The van der Waals surface area contributed by atoms with Gasteiger partial charge in [-0.15, -0.1) is 0 Å². The van der Waals surface area contributed by atoms with E-state index in [1.807, 2.05) is 44.2 Å². The molecule has 0 unspecified atom stereocenters. The van der Waals surface area contributed by atoms with E-state index in [2.05, 4.69) is 20.6 Å². The lowest BCUT2D eigenvalue weighted by atomic mass is 10.1. The second-order valence-electron chi connectivity index (χ2n) is 4.84. The summed E-state index contributed by atoms with van der Waals surface area (Å²) in [6, 6.07) is 9.12. The van der Waals surface area contributed by atoms with Gasteiger partial charge in [0.2, 0.25) is 0 Å². The molecule has 2 atom stereocenters. The summed E-state index contributed by atoms with van der Waals surface area (Å²) in [6.07, 6.45) is 5.99. The van der Waals surface area contributed by atoms with Crippen molar-refractivity contribution in [2.24, 2.45) is 0 Å². The standard InChI is InChI=1S/C16H20N4O/c1-3-14(13-7-10-17-11-8-13)20-16(21)19-12(2)15-6-4-5-9-18-15/h4-12,14H,3H2,1-2H3,(H2,19,20,21)/t12-,14+/m1/s1. The van der Waals surface area contributed by atoms with Crippen LogP contribution < -0.4 is 10.6 Å². The van der Waals surface area contributed by atoms with Gasteiger partial charge < -0.3 is 10.6 Å². The smallest absolute Gasteiger partial charge is 0.315 e. The third-order valence-electron chi connectivity index (χ3n) is 3.30. The van der Waals surface area contributed by atoms with Crippen LogP contribution in [0.5, 0.6) is 0 Å². The molecule has 0 aromatic carbocycles. The monoisotopic (exact) mass is 284 g/mol. The first-order valence-corrected chi connectivity index (χ1v) is 7.08. The zero-order chi connectivity index (χ0) is 15.1.